The second kappa shape index (κ2) is 4.19. The van der Waals surface area contributed by atoms with Crippen molar-refractivity contribution in [2.24, 2.45) is 5.73 Å². The number of carbonyl (C=O) groups excluding carboxylic acids is 1. The molecule has 0 radical (unpaired) electrons. The smallest absolute Gasteiger partial charge is 0.259 e. The first-order valence-corrected chi connectivity index (χ1v) is 3.98. The number of carbonyl (C=O) groups is 1. The summed E-state index contributed by atoms with van der Waals surface area (Å²) in [4.78, 5) is 14.8. The van der Waals surface area contributed by atoms with E-state index in [2.05, 4.69) is 4.98 Å². The largest absolute Gasteiger partial charge is 0.365 e. The fourth-order valence-corrected chi connectivity index (χ4v) is 0.951. The molecule has 0 atom stereocenters. The Hall–Kier alpha value is -2.15. The molecule has 0 saturated heterocycles. The van der Waals surface area contributed by atoms with Gasteiger partial charge in [-0.3, -0.25) is 9.78 Å². The van der Waals surface area contributed by atoms with E-state index in [0.717, 1.165) is 5.69 Å². The first-order chi connectivity index (χ1) is 6.63. The lowest BCUT2D eigenvalue weighted by atomic mass is 10.2. The predicted octanol–water partition coefficient (Wildman–Crippen LogP) is 0.782. The van der Waals surface area contributed by atoms with Crippen LogP contribution in [0, 0.1) is 18.3 Å². The topological polar surface area (TPSA) is 79.8 Å². The molecule has 1 aromatic rings. The van der Waals surface area contributed by atoms with Gasteiger partial charge in [-0.25, -0.2) is 0 Å². The van der Waals surface area contributed by atoms with Crippen molar-refractivity contribution in [3.8, 4) is 6.07 Å². The van der Waals surface area contributed by atoms with Crippen molar-refractivity contribution in [3.05, 3.63) is 35.2 Å². The third-order valence-corrected chi connectivity index (χ3v) is 1.59. The lowest BCUT2D eigenvalue weighted by Crippen LogP contribution is -2.12. The molecule has 1 amide bonds. The average molecular weight is 187 g/mol. The number of nitrogens with zero attached hydrogens (tertiary/aromatic N) is 2. The van der Waals surface area contributed by atoms with Gasteiger partial charge in [0.1, 0.15) is 11.6 Å². The van der Waals surface area contributed by atoms with E-state index >= 15 is 0 Å². The van der Waals surface area contributed by atoms with Crippen LogP contribution in [-0.4, -0.2) is 10.9 Å². The van der Waals surface area contributed by atoms with Crippen LogP contribution in [0.4, 0.5) is 0 Å². The van der Waals surface area contributed by atoms with E-state index in [1.165, 1.54) is 6.08 Å². The second-order valence-electron chi connectivity index (χ2n) is 2.74. The van der Waals surface area contributed by atoms with E-state index in [1.807, 2.05) is 13.0 Å². The molecule has 2 N–H and O–H groups in total. The number of amides is 1. The van der Waals surface area contributed by atoms with Crippen LogP contribution in [0.3, 0.4) is 0 Å². The molecule has 14 heavy (non-hydrogen) atoms. The van der Waals surface area contributed by atoms with Gasteiger partial charge in [-0.05, 0) is 25.1 Å². The quantitative estimate of drug-likeness (QED) is 0.548. The summed E-state index contributed by atoms with van der Waals surface area (Å²) in [6, 6.07) is 7.04. The summed E-state index contributed by atoms with van der Waals surface area (Å²) in [6.45, 7) is 1.83. The Balaban J connectivity index is 3.08. The maximum atomic E-state index is 10.7. The lowest BCUT2D eigenvalue weighted by molar-refractivity contribution is -0.114. The van der Waals surface area contributed by atoms with Gasteiger partial charge in [0, 0.05) is 5.69 Å². The van der Waals surface area contributed by atoms with E-state index in [1.54, 1.807) is 18.2 Å². The fourth-order valence-electron chi connectivity index (χ4n) is 0.951. The second-order valence-corrected chi connectivity index (χ2v) is 2.74. The third kappa shape index (κ3) is 2.42. The molecule has 0 aliphatic carbocycles. The molecule has 0 fully saturated rings. The van der Waals surface area contributed by atoms with E-state index < -0.39 is 5.91 Å². The number of primary amides is 1. The van der Waals surface area contributed by atoms with Crippen molar-refractivity contribution < 1.29 is 4.79 Å². The number of aromatic nitrogens is 1. The Bertz CT molecular complexity index is 429. The molecule has 0 aromatic carbocycles. The Morgan fingerprint density at radius 2 is 2.36 bits per heavy atom. The highest BCUT2D eigenvalue weighted by atomic mass is 16.1. The third-order valence-electron chi connectivity index (χ3n) is 1.59. The van der Waals surface area contributed by atoms with Crippen LogP contribution in [0.1, 0.15) is 11.4 Å². The maximum absolute atomic E-state index is 10.7. The van der Waals surface area contributed by atoms with Crippen molar-refractivity contribution in [1.29, 1.82) is 5.26 Å². The van der Waals surface area contributed by atoms with Gasteiger partial charge >= 0.3 is 0 Å². The van der Waals surface area contributed by atoms with Gasteiger partial charge < -0.3 is 5.73 Å². The molecule has 1 aromatic heterocycles. The van der Waals surface area contributed by atoms with Crippen LogP contribution in [-0.2, 0) is 4.79 Å². The first-order valence-electron chi connectivity index (χ1n) is 3.98. The minimum Gasteiger partial charge on any atom is -0.365 e. The molecule has 4 nitrogen and oxygen atoms in total. The number of aryl methyl sites for hydroxylation is 1. The Morgan fingerprint density at radius 3 is 2.86 bits per heavy atom. The summed E-state index contributed by atoms with van der Waals surface area (Å²) in [5.41, 5.74) is 6.26. The van der Waals surface area contributed by atoms with E-state index in [9.17, 15) is 4.79 Å². The van der Waals surface area contributed by atoms with Crippen LogP contribution in [0.5, 0.6) is 0 Å². The number of nitrogens with two attached hydrogens (primary N) is 1. The van der Waals surface area contributed by atoms with Crippen LogP contribution in [0.15, 0.2) is 23.8 Å². The molecule has 1 heterocycles. The van der Waals surface area contributed by atoms with E-state index in [-0.39, 0.29) is 5.57 Å². The highest BCUT2D eigenvalue weighted by Crippen LogP contribution is 2.04. The zero-order valence-electron chi connectivity index (χ0n) is 7.69. The number of hydrogen-bond acceptors (Lipinski definition) is 3. The van der Waals surface area contributed by atoms with Crippen molar-refractivity contribution in [2.45, 2.75) is 6.92 Å². The Kier molecular flexibility index (Phi) is 2.97. The van der Waals surface area contributed by atoms with Crippen LogP contribution < -0.4 is 5.73 Å². The van der Waals surface area contributed by atoms with Crippen LogP contribution in [0.25, 0.3) is 6.08 Å². The van der Waals surface area contributed by atoms with E-state index in [0.29, 0.717) is 5.69 Å². The summed E-state index contributed by atoms with van der Waals surface area (Å²) in [7, 11) is 0. The van der Waals surface area contributed by atoms with Crippen molar-refractivity contribution in [3.63, 3.8) is 0 Å². The molecule has 0 saturated carbocycles. The molecular weight excluding hydrogens is 178 g/mol. The van der Waals surface area contributed by atoms with E-state index in [4.69, 9.17) is 11.0 Å². The zero-order valence-corrected chi connectivity index (χ0v) is 7.69. The fraction of sp³-hybridized carbons (Fsp3) is 0.100. The molecule has 70 valence electrons. The SMILES string of the molecule is Cc1cccc(/C=C(\C#N)C(N)=O)n1. The van der Waals surface area contributed by atoms with Gasteiger partial charge in [0.2, 0.25) is 0 Å². The zero-order chi connectivity index (χ0) is 10.6. The molecule has 0 unspecified atom stereocenters. The Morgan fingerprint density at radius 1 is 1.64 bits per heavy atom. The minimum atomic E-state index is -0.740. The van der Waals surface area contributed by atoms with Crippen molar-refractivity contribution in [2.75, 3.05) is 0 Å². The number of nitriles is 1. The highest BCUT2D eigenvalue weighted by Gasteiger charge is 2.03. The van der Waals surface area contributed by atoms with Gasteiger partial charge in [0.05, 0.1) is 5.69 Å². The van der Waals surface area contributed by atoms with Gasteiger partial charge in [-0.15, -0.1) is 0 Å². The average Bonchev–Trinajstić information content (AvgIpc) is 2.14. The molecular formula is C10H9N3O. The summed E-state index contributed by atoms with van der Waals surface area (Å²) >= 11 is 0. The summed E-state index contributed by atoms with van der Waals surface area (Å²) in [5.74, 6) is -0.740. The predicted molar refractivity (Wildman–Crippen MR) is 51.8 cm³/mol. The lowest BCUT2D eigenvalue weighted by Gasteiger charge is -1.95. The minimum absolute atomic E-state index is 0.0944. The van der Waals surface area contributed by atoms with Crippen molar-refractivity contribution >= 4 is 12.0 Å². The molecule has 0 spiro atoms. The van der Waals surface area contributed by atoms with Gasteiger partial charge in [-0.2, -0.15) is 5.26 Å². The van der Waals surface area contributed by atoms with Crippen molar-refractivity contribution in [1.82, 2.24) is 4.98 Å². The summed E-state index contributed by atoms with van der Waals surface area (Å²) in [5, 5.41) is 8.58. The molecule has 0 aliphatic heterocycles. The highest BCUT2D eigenvalue weighted by molar-refractivity contribution is 6.00. The standard InChI is InChI=1S/C10H9N3O/c1-7-3-2-4-9(13-7)5-8(6-11)10(12)14/h2-5H,1H3,(H2,12,14)/b8-5+. The summed E-state index contributed by atoms with van der Waals surface area (Å²) < 4.78 is 0. The molecule has 4 heteroatoms. The van der Waals surface area contributed by atoms with Gasteiger partial charge in [0.15, 0.2) is 0 Å². The van der Waals surface area contributed by atoms with Crippen LogP contribution >= 0.6 is 0 Å². The first kappa shape index (κ1) is 9.93. The van der Waals surface area contributed by atoms with Crippen LogP contribution in [0.2, 0.25) is 0 Å². The molecule has 0 aliphatic rings. The monoisotopic (exact) mass is 187 g/mol. The van der Waals surface area contributed by atoms with Gasteiger partial charge in [-0.1, -0.05) is 6.07 Å². The molecule has 0 bridgehead atoms. The Labute approximate surface area is 81.7 Å². The summed E-state index contributed by atoms with van der Waals surface area (Å²) in [6.07, 6.45) is 1.37. The van der Waals surface area contributed by atoms with Gasteiger partial charge in [0.25, 0.3) is 5.91 Å². The molecule has 1 rings (SSSR count). The number of rotatable bonds is 2. The maximum Gasteiger partial charge on any atom is 0.259 e. The number of pyridine rings is 1. The normalized spacial score (nSPS) is 10.7. The number of hydrogen-bond donors (Lipinski definition) is 1.